The fourth-order valence-electron chi connectivity index (χ4n) is 2.89. The van der Waals surface area contributed by atoms with Crippen molar-refractivity contribution in [1.82, 2.24) is 10.0 Å². The van der Waals surface area contributed by atoms with Crippen LogP contribution in [0, 0.1) is 5.92 Å². The highest BCUT2D eigenvalue weighted by molar-refractivity contribution is 7.89. The minimum absolute atomic E-state index is 0.234. The molecule has 2 N–H and O–H groups in total. The molecule has 1 atom stereocenters. The lowest BCUT2D eigenvalue weighted by Crippen LogP contribution is -2.28. The molecule has 1 aliphatic carbocycles. The summed E-state index contributed by atoms with van der Waals surface area (Å²) in [6, 6.07) is 7.40. The molecule has 118 valence electrons. The Morgan fingerprint density at radius 2 is 1.81 bits per heavy atom. The van der Waals surface area contributed by atoms with Crippen LogP contribution in [0.1, 0.15) is 51.1 Å². The number of hydrogen-bond acceptors (Lipinski definition) is 3. The molecule has 0 spiro atoms. The van der Waals surface area contributed by atoms with Gasteiger partial charge in [-0.15, -0.1) is 0 Å². The van der Waals surface area contributed by atoms with Gasteiger partial charge in [0.15, 0.2) is 0 Å². The van der Waals surface area contributed by atoms with Crippen molar-refractivity contribution in [2.75, 3.05) is 13.1 Å². The van der Waals surface area contributed by atoms with E-state index in [2.05, 4.69) is 23.9 Å². The Balaban J connectivity index is 1.99. The first-order chi connectivity index (χ1) is 10.0. The van der Waals surface area contributed by atoms with Crippen molar-refractivity contribution in [3.05, 3.63) is 29.8 Å². The minimum Gasteiger partial charge on any atom is -0.310 e. The van der Waals surface area contributed by atoms with Gasteiger partial charge in [-0.3, -0.25) is 0 Å². The largest absolute Gasteiger partial charge is 0.310 e. The van der Waals surface area contributed by atoms with E-state index in [1.807, 2.05) is 12.1 Å². The monoisotopic (exact) mass is 310 g/mol. The van der Waals surface area contributed by atoms with Crippen molar-refractivity contribution >= 4 is 10.0 Å². The van der Waals surface area contributed by atoms with E-state index in [1.165, 1.54) is 12.8 Å². The third-order valence-corrected chi connectivity index (χ3v) is 5.68. The predicted molar refractivity (Wildman–Crippen MR) is 85.7 cm³/mol. The maximum Gasteiger partial charge on any atom is 0.240 e. The Morgan fingerprint density at radius 1 is 1.19 bits per heavy atom. The van der Waals surface area contributed by atoms with Crippen molar-refractivity contribution in [3.63, 3.8) is 0 Å². The van der Waals surface area contributed by atoms with E-state index < -0.39 is 10.0 Å². The SMILES string of the molecule is CCNC(C)c1ccc(S(=O)(=O)NCC2CCCC2)cc1. The van der Waals surface area contributed by atoms with Gasteiger partial charge in [0.2, 0.25) is 10.0 Å². The number of hydrogen-bond donors (Lipinski definition) is 2. The van der Waals surface area contributed by atoms with Gasteiger partial charge in [-0.25, -0.2) is 13.1 Å². The Kier molecular flexibility index (Phi) is 5.79. The zero-order valence-corrected chi connectivity index (χ0v) is 13.7. The normalized spacial score (nSPS) is 18.0. The maximum atomic E-state index is 12.3. The van der Waals surface area contributed by atoms with E-state index in [9.17, 15) is 8.42 Å². The van der Waals surface area contributed by atoms with Crippen LogP contribution < -0.4 is 10.0 Å². The zero-order valence-electron chi connectivity index (χ0n) is 12.9. The van der Waals surface area contributed by atoms with E-state index in [1.54, 1.807) is 12.1 Å². The van der Waals surface area contributed by atoms with Gasteiger partial charge in [0, 0.05) is 12.6 Å². The average Bonchev–Trinajstić information content (AvgIpc) is 2.99. The van der Waals surface area contributed by atoms with Crippen molar-refractivity contribution in [2.24, 2.45) is 5.92 Å². The van der Waals surface area contributed by atoms with Crippen molar-refractivity contribution < 1.29 is 8.42 Å². The van der Waals surface area contributed by atoms with Gasteiger partial charge < -0.3 is 5.32 Å². The van der Waals surface area contributed by atoms with Crippen molar-refractivity contribution in [1.29, 1.82) is 0 Å². The number of sulfonamides is 1. The Morgan fingerprint density at radius 3 is 2.38 bits per heavy atom. The van der Waals surface area contributed by atoms with Crippen LogP contribution in [0.2, 0.25) is 0 Å². The van der Waals surface area contributed by atoms with E-state index >= 15 is 0 Å². The molecule has 0 amide bonds. The summed E-state index contributed by atoms with van der Waals surface area (Å²) in [5.74, 6) is 0.507. The molecule has 0 radical (unpaired) electrons. The van der Waals surface area contributed by atoms with Gasteiger partial charge in [0.25, 0.3) is 0 Å². The summed E-state index contributed by atoms with van der Waals surface area (Å²) < 4.78 is 27.3. The first kappa shape index (κ1) is 16.5. The van der Waals surface area contributed by atoms with Crippen LogP contribution in [0.4, 0.5) is 0 Å². The summed E-state index contributed by atoms with van der Waals surface area (Å²) in [4.78, 5) is 0.355. The highest BCUT2D eigenvalue weighted by atomic mass is 32.2. The molecule has 0 aliphatic heterocycles. The van der Waals surface area contributed by atoms with Crippen LogP contribution in [0.15, 0.2) is 29.2 Å². The second-order valence-corrected chi connectivity index (χ2v) is 7.62. The second kappa shape index (κ2) is 7.38. The van der Waals surface area contributed by atoms with Crippen molar-refractivity contribution in [2.45, 2.75) is 50.5 Å². The Bertz CT molecular complexity index is 534. The summed E-state index contributed by atoms with van der Waals surface area (Å²) in [6.45, 7) is 5.59. The van der Waals surface area contributed by atoms with Gasteiger partial charge >= 0.3 is 0 Å². The topological polar surface area (TPSA) is 58.2 Å². The van der Waals surface area contributed by atoms with Crippen LogP contribution in [0.3, 0.4) is 0 Å². The molecule has 5 heteroatoms. The lowest BCUT2D eigenvalue weighted by atomic mass is 10.1. The molecule has 1 aromatic rings. The Hall–Kier alpha value is -0.910. The van der Waals surface area contributed by atoms with Gasteiger partial charge in [-0.1, -0.05) is 31.9 Å². The van der Waals surface area contributed by atoms with Crippen molar-refractivity contribution in [3.8, 4) is 0 Å². The molecule has 0 bridgehead atoms. The van der Waals surface area contributed by atoms with Crippen LogP contribution in [-0.2, 0) is 10.0 Å². The summed E-state index contributed by atoms with van der Waals surface area (Å²) in [6.07, 6.45) is 4.73. The van der Waals surface area contributed by atoms with Gasteiger partial charge in [0.05, 0.1) is 4.90 Å². The second-order valence-electron chi connectivity index (χ2n) is 5.85. The van der Waals surface area contributed by atoms with E-state index in [0.717, 1.165) is 24.9 Å². The molecule has 21 heavy (non-hydrogen) atoms. The third-order valence-electron chi connectivity index (χ3n) is 4.24. The summed E-state index contributed by atoms with van der Waals surface area (Å²) in [7, 11) is -3.37. The molecule has 1 saturated carbocycles. The number of rotatable bonds is 7. The smallest absolute Gasteiger partial charge is 0.240 e. The first-order valence-electron chi connectivity index (χ1n) is 7.86. The van der Waals surface area contributed by atoms with Gasteiger partial charge in [-0.05, 0) is 49.9 Å². The standard InChI is InChI=1S/C16H26N2O2S/c1-3-17-13(2)15-8-10-16(11-9-15)21(19,20)18-12-14-6-4-5-7-14/h8-11,13-14,17-18H,3-7,12H2,1-2H3. The lowest BCUT2D eigenvalue weighted by molar-refractivity contribution is 0.519. The fourth-order valence-corrected chi connectivity index (χ4v) is 4.00. The highest BCUT2D eigenvalue weighted by Gasteiger charge is 2.19. The predicted octanol–water partition coefficient (Wildman–Crippen LogP) is 2.83. The average molecular weight is 310 g/mol. The number of benzene rings is 1. The molecular formula is C16H26N2O2S. The first-order valence-corrected chi connectivity index (χ1v) is 9.34. The van der Waals surface area contributed by atoms with E-state index in [-0.39, 0.29) is 6.04 Å². The van der Waals surface area contributed by atoms with E-state index in [0.29, 0.717) is 17.4 Å². The van der Waals surface area contributed by atoms with Gasteiger partial charge in [0.1, 0.15) is 0 Å². The van der Waals surface area contributed by atoms with Crippen LogP contribution in [-0.4, -0.2) is 21.5 Å². The zero-order chi connectivity index (χ0) is 15.3. The van der Waals surface area contributed by atoms with E-state index in [4.69, 9.17) is 0 Å². The molecular weight excluding hydrogens is 284 g/mol. The quantitative estimate of drug-likeness (QED) is 0.814. The Labute approximate surface area is 128 Å². The molecule has 0 aromatic heterocycles. The van der Waals surface area contributed by atoms with Crippen LogP contribution in [0.5, 0.6) is 0 Å². The van der Waals surface area contributed by atoms with Crippen LogP contribution >= 0.6 is 0 Å². The third kappa shape index (κ3) is 4.53. The van der Waals surface area contributed by atoms with Crippen LogP contribution in [0.25, 0.3) is 0 Å². The molecule has 1 fully saturated rings. The fraction of sp³-hybridized carbons (Fsp3) is 0.625. The molecule has 1 aromatic carbocycles. The minimum atomic E-state index is -3.37. The molecule has 1 aliphatic rings. The molecule has 1 unspecified atom stereocenters. The summed E-state index contributed by atoms with van der Waals surface area (Å²) in [5, 5.41) is 3.32. The molecule has 2 rings (SSSR count). The highest BCUT2D eigenvalue weighted by Crippen LogP contribution is 2.24. The maximum absolute atomic E-state index is 12.3. The molecule has 4 nitrogen and oxygen atoms in total. The summed E-state index contributed by atoms with van der Waals surface area (Å²) >= 11 is 0. The molecule has 0 saturated heterocycles. The summed E-state index contributed by atoms with van der Waals surface area (Å²) in [5.41, 5.74) is 1.10. The van der Waals surface area contributed by atoms with Gasteiger partial charge in [-0.2, -0.15) is 0 Å². The number of nitrogens with one attached hydrogen (secondary N) is 2. The lowest BCUT2D eigenvalue weighted by Gasteiger charge is -2.14. The molecule has 0 heterocycles.